The number of ether oxygens (including phenoxy) is 1. The van der Waals surface area contributed by atoms with Crippen LogP contribution in [0.2, 0.25) is 0 Å². The van der Waals surface area contributed by atoms with E-state index in [9.17, 15) is 0 Å². The van der Waals surface area contributed by atoms with Crippen molar-refractivity contribution in [1.82, 2.24) is 9.78 Å². The first kappa shape index (κ1) is 15.5. The minimum Gasteiger partial charge on any atom is -0.375 e. The van der Waals surface area contributed by atoms with Crippen molar-refractivity contribution in [1.29, 1.82) is 0 Å². The highest BCUT2D eigenvalue weighted by Gasteiger charge is 2.26. The molecular weight excluding hydrogens is 250 g/mol. The van der Waals surface area contributed by atoms with Gasteiger partial charge in [0, 0.05) is 6.20 Å². The molecule has 1 fully saturated rings. The Morgan fingerprint density at radius 2 is 2.10 bits per heavy atom. The molecule has 0 aliphatic heterocycles. The first-order chi connectivity index (χ1) is 9.78. The summed E-state index contributed by atoms with van der Waals surface area (Å²) in [6, 6.07) is 2.59. The quantitative estimate of drug-likeness (QED) is 0.795. The van der Waals surface area contributed by atoms with Crippen LogP contribution in [0.5, 0.6) is 0 Å². The van der Waals surface area contributed by atoms with Crippen LogP contribution in [0.3, 0.4) is 0 Å². The van der Waals surface area contributed by atoms with Crippen molar-refractivity contribution in [3.05, 3.63) is 18.0 Å². The zero-order valence-corrected chi connectivity index (χ0v) is 12.9. The molecule has 0 bridgehead atoms. The highest BCUT2D eigenvalue weighted by molar-refractivity contribution is 4.98. The van der Waals surface area contributed by atoms with Gasteiger partial charge in [-0.2, -0.15) is 5.10 Å². The highest BCUT2D eigenvalue weighted by Crippen LogP contribution is 2.31. The molecule has 4 nitrogen and oxygen atoms in total. The van der Waals surface area contributed by atoms with Crippen molar-refractivity contribution in [2.45, 2.75) is 58.6 Å². The molecule has 4 heteroatoms. The van der Waals surface area contributed by atoms with Gasteiger partial charge in [0.1, 0.15) is 0 Å². The standard InChI is InChI=1S/C16H29N3O/c1-3-16(4-2)19-9-8-15(18-19)12-20-11-14-7-5-6-13(14)10-17/h8-9,13-14,16H,3-7,10-12,17H2,1-2H3. The molecule has 2 atom stereocenters. The van der Waals surface area contributed by atoms with Gasteiger partial charge in [0.15, 0.2) is 0 Å². The van der Waals surface area contributed by atoms with Gasteiger partial charge in [-0.25, -0.2) is 0 Å². The largest absolute Gasteiger partial charge is 0.375 e. The van der Waals surface area contributed by atoms with E-state index >= 15 is 0 Å². The van der Waals surface area contributed by atoms with E-state index in [0.29, 0.717) is 24.5 Å². The molecule has 0 amide bonds. The van der Waals surface area contributed by atoms with Crippen LogP contribution in [0.1, 0.15) is 57.7 Å². The van der Waals surface area contributed by atoms with Gasteiger partial charge in [-0.05, 0) is 50.1 Å². The third-order valence-corrected chi connectivity index (χ3v) is 4.68. The summed E-state index contributed by atoms with van der Waals surface area (Å²) in [5.74, 6) is 1.32. The maximum atomic E-state index is 5.86. The molecular formula is C16H29N3O. The molecule has 1 aliphatic carbocycles. The van der Waals surface area contributed by atoms with Gasteiger partial charge in [0.05, 0.1) is 24.9 Å². The Labute approximate surface area is 122 Å². The Bertz CT molecular complexity index is 387. The van der Waals surface area contributed by atoms with Crippen LogP contribution in [-0.2, 0) is 11.3 Å². The molecule has 0 aromatic carbocycles. The summed E-state index contributed by atoms with van der Waals surface area (Å²) in [6.07, 6.45) is 8.17. The molecule has 1 aromatic heterocycles. The summed E-state index contributed by atoms with van der Waals surface area (Å²) in [5.41, 5.74) is 6.84. The van der Waals surface area contributed by atoms with Crippen LogP contribution < -0.4 is 5.73 Å². The molecule has 20 heavy (non-hydrogen) atoms. The summed E-state index contributed by atoms with van der Waals surface area (Å²) >= 11 is 0. The van der Waals surface area contributed by atoms with Gasteiger partial charge in [-0.3, -0.25) is 4.68 Å². The Morgan fingerprint density at radius 1 is 1.35 bits per heavy atom. The highest BCUT2D eigenvalue weighted by atomic mass is 16.5. The fraction of sp³-hybridized carbons (Fsp3) is 0.812. The molecule has 114 valence electrons. The second-order valence-corrected chi connectivity index (χ2v) is 5.96. The van der Waals surface area contributed by atoms with Gasteiger partial charge < -0.3 is 10.5 Å². The van der Waals surface area contributed by atoms with Crippen molar-refractivity contribution in [2.75, 3.05) is 13.2 Å². The number of nitrogens with two attached hydrogens (primary N) is 1. The van der Waals surface area contributed by atoms with Crippen LogP contribution in [0.4, 0.5) is 0 Å². The van der Waals surface area contributed by atoms with E-state index in [1.807, 2.05) is 0 Å². The summed E-state index contributed by atoms with van der Waals surface area (Å²) in [6.45, 7) is 6.68. The van der Waals surface area contributed by atoms with Crippen molar-refractivity contribution in [2.24, 2.45) is 17.6 Å². The predicted molar refractivity (Wildman–Crippen MR) is 81.4 cm³/mol. The van der Waals surface area contributed by atoms with E-state index in [4.69, 9.17) is 10.5 Å². The maximum Gasteiger partial charge on any atom is 0.0906 e. The molecule has 2 rings (SSSR count). The predicted octanol–water partition coefficient (Wildman–Crippen LogP) is 3.14. The van der Waals surface area contributed by atoms with Crippen molar-refractivity contribution >= 4 is 0 Å². The topological polar surface area (TPSA) is 53.1 Å². The van der Waals surface area contributed by atoms with E-state index in [1.54, 1.807) is 0 Å². The van der Waals surface area contributed by atoms with E-state index in [0.717, 1.165) is 31.7 Å². The lowest BCUT2D eigenvalue weighted by molar-refractivity contribution is 0.0729. The first-order valence-corrected chi connectivity index (χ1v) is 8.10. The molecule has 0 radical (unpaired) electrons. The second kappa shape index (κ2) is 7.79. The van der Waals surface area contributed by atoms with Crippen LogP contribution in [-0.4, -0.2) is 22.9 Å². The number of hydrogen-bond donors (Lipinski definition) is 1. The average Bonchev–Trinajstić information content (AvgIpc) is 3.10. The van der Waals surface area contributed by atoms with Crippen LogP contribution in [0.15, 0.2) is 12.3 Å². The molecule has 1 aliphatic rings. The first-order valence-electron chi connectivity index (χ1n) is 8.10. The third kappa shape index (κ3) is 3.83. The average molecular weight is 279 g/mol. The molecule has 0 saturated heterocycles. The zero-order valence-electron chi connectivity index (χ0n) is 12.9. The lowest BCUT2D eigenvalue weighted by Gasteiger charge is -2.17. The monoisotopic (exact) mass is 279 g/mol. The fourth-order valence-electron chi connectivity index (χ4n) is 3.28. The molecule has 1 aromatic rings. The van der Waals surface area contributed by atoms with E-state index in [-0.39, 0.29) is 0 Å². The Kier molecular flexibility index (Phi) is 6.05. The van der Waals surface area contributed by atoms with E-state index in [1.165, 1.54) is 19.3 Å². The summed E-state index contributed by atoms with van der Waals surface area (Å²) < 4.78 is 7.94. The number of hydrogen-bond acceptors (Lipinski definition) is 3. The van der Waals surface area contributed by atoms with Gasteiger partial charge in [0.25, 0.3) is 0 Å². The normalized spacial score (nSPS) is 22.8. The fourth-order valence-corrected chi connectivity index (χ4v) is 3.28. The molecule has 2 unspecified atom stereocenters. The number of aromatic nitrogens is 2. The molecule has 2 N–H and O–H groups in total. The lowest BCUT2D eigenvalue weighted by atomic mass is 9.97. The van der Waals surface area contributed by atoms with Crippen molar-refractivity contribution < 1.29 is 4.74 Å². The van der Waals surface area contributed by atoms with E-state index in [2.05, 4.69) is 35.9 Å². The third-order valence-electron chi connectivity index (χ3n) is 4.68. The van der Waals surface area contributed by atoms with Gasteiger partial charge in [-0.15, -0.1) is 0 Å². The van der Waals surface area contributed by atoms with Crippen LogP contribution in [0.25, 0.3) is 0 Å². The smallest absolute Gasteiger partial charge is 0.0906 e. The lowest BCUT2D eigenvalue weighted by Crippen LogP contribution is -2.22. The Morgan fingerprint density at radius 3 is 2.80 bits per heavy atom. The second-order valence-electron chi connectivity index (χ2n) is 5.96. The zero-order chi connectivity index (χ0) is 14.4. The Hall–Kier alpha value is -0.870. The number of rotatable bonds is 8. The maximum absolute atomic E-state index is 5.86. The molecule has 1 heterocycles. The van der Waals surface area contributed by atoms with E-state index < -0.39 is 0 Å². The SMILES string of the molecule is CCC(CC)n1ccc(COCC2CCCC2CN)n1. The van der Waals surface area contributed by atoms with Gasteiger partial charge in [0.2, 0.25) is 0 Å². The van der Waals surface area contributed by atoms with Crippen molar-refractivity contribution in [3.8, 4) is 0 Å². The summed E-state index contributed by atoms with van der Waals surface area (Å²) in [4.78, 5) is 0. The van der Waals surface area contributed by atoms with Gasteiger partial charge >= 0.3 is 0 Å². The summed E-state index contributed by atoms with van der Waals surface area (Å²) in [7, 11) is 0. The van der Waals surface area contributed by atoms with Crippen LogP contribution >= 0.6 is 0 Å². The summed E-state index contributed by atoms with van der Waals surface area (Å²) in [5, 5.41) is 4.62. The van der Waals surface area contributed by atoms with Crippen LogP contribution in [0, 0.1) is 11.8 Å². The minimum absolute atomic E-state index is 0.514. The molecule has 1 saturated carbocycles. The Balaban J connectivity index is 1.77. The minimum atomic E-state index is 0.514. The number of nitrogens with zero attached hydrogens (tertiary/aromatic N) is 2. The molecule has 0 spiro atoms. The van der Waals surface area contributed by atoms with Gasteiger partial charge in [-0.1, -0.05) is 20.3 Å². The van der Waals surface area contributed by atoms with Crippen molar-refractivity contribution in [3.63, 3.8) is 0 Å².